The highest BCUT2D eigenvalue weighted by molar-refractivity contribution is 5.96. The van der Waals surface area contributed by atoms with Crippen molar-refractivity contribution in [3.63, 3.8) is 0 Å². The number of nitrogens with zero attached hydrogens (tertiary/aromatic N) is 1. The second-order valence-electron chi connectivity index (χ2n) is 7.32. The van der Waals surface area contributed by atoms with Crippen molar-refractivity contribution in [3.8, 4) is 0 Å². The van der Waals surface area contributed by atoms with E-state index >= 15 is 0 Å². The monoisotopic (exact) mass is 374 g/mol. The Balaban J connectivity index is 1.82. The van der Waals surface area contributed by atoms with Crippen LogP contribution in [0.1, 0.15) is 37.7 Å². The summed E-state index contributed by atoms with van der Waals surface area (Å²) in [5, 5.41) is 10.1. The maximum absolute atomic E-state index is 12.8. The summed E-state index contributed by atoms with van der Waals surface area (Å²) < 4.78 is 5.42. The Morgan fingerprint density at radius 3 is 2.41 bits per heavy atom. The predicted octanol–water partition coefficient (Wildman–Crippen LogP) is 1.55. The highest BCUT2D eigenvalue weighted by Gasteiger charge is 2.67. The average Bonchev–Trinajstić information content (AvgIpc) is 2.67. The summed E-state index contributed by atoms with van der Waals surface area (Å²) in [7, 11) is 0. The number of benzene rings is 1. The predicted molar refractivity (Wildman–Crippen MR) is 97.4 cm³/mol. The maximum atomic E-state index is 12.8. The minimum atomic E-state index is -1.54. The summed E-state index contributed by atoms with van der Waals surface area (Å²) in [4.78, 5) is 38.7. The van der Waals surface area contributed by atoms with E-state index in [2.05, 4.69) is 0 Å². The van der Waals surface area contributed by atoms with Crippen molar-refractivity contribution in [3.05, 3.63) is 35.9 Å². The number of carboxylic acid groups (broad SMARTS) is 1. The number of carboxylic acids is 1. The molecule has 7 heteroatoms. The van der Waals surface area contributed by atoms with Crippen molar-refractivity contribution in [2.45, 2.75) is 44.2 Å². The zero-order chi connectivity index (χ0) is 19.4. The van der Waals surface area contributed by atoms with Crippen molar-refractivity contribution in [2.24, 2.45) is 17.6 Å². The number of likely N-dealkylation sites (tertiary alicyclic amines) is 1. The lowest BCUT2D eigenvalue weighted by Crippen LogP contribution is -2.78. The topological polar surface area (TPSA) is 110 Å². The van der Waals surface area contributed by atoms with Gasteiger partial charge >= 0.3 is 11.9 Å². The smallest absolute Gasteiger partial charge is 0.330 e. The van der Waals surface area contributed by atoms with Gasteiger partial charge < -0.3 is 20.5 Å². The average molecular weight is 374 g/mol. The van der Waals surface area contributed by atoms with Crippen LogP contribution in [0.2, 0.25) is 0 Å². The summed E-state index contributed by atoms with van der Waals surface area (Å²) in [5.74, 6) is -3.26. The van der Waals surface area contributed by atoms with E-state index in [1.807, 2.05) is 30.3 Å². The summed E-state index contributed by atoms with van der Waals surface area (Å²) in [6.45, 7) is -0.138. The third-order valence-electron chi connectivity index (χ3n) is 5.90. The van der Waals surface area contributed by atoms with Crippen molar-refractivity contribution >= 4 is 17.8 Å². The number of carbonyl (C=O) groups is 3. The molecule has 0 radical (unpaired) electrons. The Kier molecular flexibility index (Phi) is 5.79. The molecule has 2 fully saturated rings. The molecule has 27 heavy (non-hydrogen) atoms. The fourth-order valence-corrected chi connectivity index (χ4v) is 4.54. The van der Waals surface area contributed by atoms with Crippen LogP contribution in [-0.4, -0.2) is 46.5 Å². The molecule has 1 aliphatic heterocycles. The second kappa shape index (κ2) is 8.08. The SMILES string of the molecule is NCC(=O)N1CC(C(=O)OCc2ccccc2)C1(C(=O)O)C1CCCCC1. The number of aliphatic carboxylic acids is 1. The van der Waals surface area contributed by atoms with Gasteiger partial charge in [-0.05, 0) is 24.3 Å². The van der Waals surface area contributed by atoms with Gasteiger partial charge in [0.25, 0.3) is 0 Å². The Morgan fingerprint density at radius 2 is 1.81 bits per heavy atom. The molecule has 3 rings (SSSR count). The molecule has 2 aliphatic rings. The highest BCUT2D eigenvalue weighted by atomic mass is 16.5. The molecule has 0 spiro atoms. The molecular formula is C20H26N2O5. The minimum Gasteiger partial charge on any atom is -0.479 e. The molecule has 0 aromatic heterocycles. The third-order valence-corrected chi connectivity index (χ3v) is 5.90. The first-order valence-corrected chi connectivity index (χ1v) is 9.46. The van der Waals surface area contributed by atoms with Gasteiger partial charge in [0, 0.05) is 6.54 Å². The normalized spacial score (nSPS) is 25.5. The molecule has 1 saturated carbocycles. The Bertz CT molecular complexity index is 702. The lowest BCUT2D eigenvalue weighted by molar-refractivity contribution is -0.203. The molecule has 3 N–H and O–H groups in total. The van der Waals surface area contributed by atoms with Gasteiger partial charge in [-0.25, -0.2) is 4.79 Å². The number of hydrogen-bond donors (Lipinski definition) is 2. The fourth-order valence-electron chi connectivity index (χ4n) is 4.54. The van der Waals surface area contributed by atoms with Crippen LogP contribution in [0.25, 0.3) is 0 Å². The van der Waals surface area contributed by atoms with Gasteiger partial charge in [-0.3, -0.25) is 9.59 Å². The molecule has 1 saturated heterocycles. The van der Waals surface area contributed by atoms with Crippen molar-refractivity contribution in [1.82, 2.24) is 4.90 Å². The van der Waals surface area contributed by atoms with E-state index in [1.54, 1.807) is 0 Å². The molecule has 146 valence electrons. The lowest BCUT2D eigenvalue weighted by Gasteiger charge is -2.58. The van der Waals surface area contributed by atoms with E-state index in [9.17, 15) is 19.5 Å². The number of nitrogens with two attached hydrogens (primary N) is 1. The van der Waals surface area contributed by atoms with Crippen LogP contribution in [0.4, 0.5) is 0 Å². The van der Waals surface area contributed by atoms with E-state index < -0.39 is 29.3 Å². The maximum Gasteiger partial charge on any atom is 0.330 e. The van der Waals surface area contributed by atoms with Gasteiger partial charge in [-0.15, -0.1) is 0 Å². The first kappa shape index (κ1) is 19.4. The van der Waals surface area contributed by atoms with E-state index in [-0.39, 0.29) is 25.6 Å². The van der Waals surface area contributed by atoms with Gasteiger partial charge in [-0.2, -0.15) is 0 Å². The van der Waals surface area contributed by atoms with Gasteiger partial charge in [0.1, 0.15) is 12.5 Å². The van der Waals surface area contributed by atoms with Crippen molar-refractivity contribution < 1.29 is 24.2 Å². The van der Waals surface area contributed by atoms with Crippen LogP contribution in [0.3, 0.4) is 0 Å². The zero-order valence-electron chi connectivity index (χ0n) is 15.3. The number of esters is 1. The standard InChI is InChI=1S/C20H26N2O5/c21-11-17(23)22-12-16(18(24)27-13-14-7-3-1-4-8-14)20(22,19(25)26)15-9-5-2-6-10-15/h1,3-4,7-8,15-16H,2,5-6,9-13,21H2,(H,25,26). The molecule has 2 atom stereocenters. The number of amides is 1. The van der Waals surface area contributed by atoms with E-state index in [1.165, 1.54) is 4.90 Å². The van der Waals surface area contributed by atoms with Crippen LogP contribution in [0, 0.1) is 11.8 Å². The van der Waals surface area contributed by atoms with Crippen LogP contribution in [-0.2, 0) is 25.7 Å². The van der Waals surface area contributed by atoms with Crippen LogP contribution in [0.5, 0.6) is 0 Å². The number of hydrogen-bond acceptors (Lipinski definition) is 5. The fraction of sp³-hybridized carbons (Fsp3) is 0.550. The van der Waals surface area contributed by atoms with Crippen LogP contribution in [0.15, 0.2) is 30.3 Å². The van der Waals surface area contributed by atoms with E-state index in [0.29, 0.717) is 12.8 Å². The summed E-state index contributed by atoms with van der Waals surface area (Å²) in [5.41, 5.74) is 4.78. The molecule has 1 aromatic carbocycles. The molecule has 0 bridgehead atoms. The van der Waals surface area contributed by atoms with Gasteiger partial charge in [0.05, 0.1) is 6.54 Å². The zero-order valence-corrected chi connectivity index (χ0v) is 15.3. The Morgan fingerprint density at radius 1 is 1.15 bits per heavy atom. The molecular weight excluding hydrogens is 348 g/mol. The van der Waals surface area contributed by atoms with E-state index in [0.717, 1.165) is 24.8 Å². The Hall–Kier alpha value is -2.41. The Labute approximate surface area is 158 Å². The highest BCUT2D eigenvalue weighted by Crippen LogP contribution is 2.48. The first-order valence-electron chi connectivity index (χ1n) is 9.46. The molecule has 1 aromatic rings. The lowest BCUT2D eigenvalue weighted by atomic mass is 9.61. The van der Waals surface area contributed by atoms with Gasteiger partial charge in [-0.1, -0.05) is 49.6 Å². The first-order chi connectivity index (χ1) is 13.0. The molecule has 1 amide bonds. The molecule has 1 aliphatic carbocycles. The van der Waals surface area contributed by atoms with Gasteiger partial charge in [0.2, 0.25) is 5.91 Å². The number of carbonyl (C=O) groups excluding carboxylic acids is 2. The largest absolute Gasteiger partial charge is 0.479 e. The quantitative estimate of drug-likeness (QED) is 0.731. The minimum absolute atomic E-state index is 0.0481. The van der Waals surface area contributed by atoms with Gasteiger partial charge in [0.15, 0.2) is 5.54 Å². The molecule has 1 heterocycles. The second-order valence-corrected chi connectivity index (χ2v) is 7.32. The van der Waals surface area contributed by atoms with Crippen molar-refractivity contribution in [2.75, 3.05) is 13.1 Å². The third kappa shape index (κ3) is 3.43. The molecule has 2 unspecified atom stereocenters. The summed E-state index contributed by atoms with van der Waals surface area (Å²) in [6.07, 6.45) is 4.21. The summed E-state index contributed by atoms with van der Waals surface area (Å²) in [6, 6.07) is 9.23. The number of rotatable bonds is 6. The van der Waals surface area contributed by atoms with Crippen LogP contribution >= 0.6 is 0 Å². The number of ether oxygens (including phenoxy) is 1. The summed E-state index contributed by atoms with van der Waals surface area (Å²) >= 11 is 0. The molecule has 7 nitrogen and oxygen atoms in total. The van der Waals surface area contributed by atoms with Crippen molar-refractivity contribution in [1.29, 1.82) is 0 Å². The van der Waals surface area contributed by atoms with E-state index in [4.69, 9.17) is 10.5 Å². The van der Waals surface area contributed by atoms with Crippen LogP contribution < -0.4 is 5.73 Å².